The number of aryl methyl sites for hydroxylation is 1. The summed E-state index contributed by atoms with van der Waals surface area (Å²) in [5.41, 5.74) is 3.10. The normalized spacial score (nSPS) is 19.8. The van der Waals surface area contributed by atoms with E-state index in [1.165, 1.54) is 40.9 Å². The zero-order chi connectivity index (χ0) is 7.90. The van der Waals surface area contributed by atoms with Crippen LogP contribution in [0.25, 0.3) is 0 Å². The van der Waals surface area contributed by atoms with E-state index in [2.05, 4.69) is 31.2 Å². The molecule has 1 aliphatic carbocycles. The molecule has 2 radical (unpaired) electrons. The Balaban J connectivity index is 2.45. The molecule has 1 aromatic rings. The molecule has 0 amide bonds. The van der Waals surface area contributed by atoms with Gasteiger partial charge in [0.05, 0.1) is 0 Å². The molecule has 0 aliphatic heterocycles. The van der Waals surface area contributed by atoms with Crippen LogP contribution < -0.4 is 0 Å². The molecule has 0 N–H and O–H groups in total. The third-order valence-electron chi connectivity index (χ3n) is 2.47. The summed E-state index contributed by atoms with van der Waals surface area (Å²) in [6.07, 6.45) is 2.86. The zero-order valence-corrected chi connectivity index (χ0v) is 10.1. The van der Waals surface area contributed by atoms with Crippen molar-refractivity contribution in [2.75, 3.05) is 0 Å². The molecule has 0 bridgehead atoms. The third-order valence-corrected chi connectivity index (χ3v) is 5.01. The van der Waals surface area contributed by atoms with E-state index in [0.717, 1.165) is 0 Å². The number of rotatable bonds is 1. The minimum atomic E-state index is 0.663. The molecule has 0 nitrogen and oxygen atoms in total. The summed E-state index contributed by atoms with van der Waals surface area (Å²) in [7, 11) is 0. The third kappa shape index (κ3) is 1.33. The summed E-state index contributed by atoms with van der Waals surface area (Å²) in [6, 6.07) is 8.82. The fourth-order valence-corrected chi connectivity index (χ4v) is 2.87. The SMILES string of the molecule is Cc1ccccc1[C]1([SnH])CC1. The van der Waals surface area contributed by atoms with Gasteiger partial charge in [0.1, 0.15) is 0 Å². The monoisotopic (exact) mass is 252 g/mol. The summed E-state index contributed by atoms with van der Waals surface area (Å²) < 4.78 is 0.663. The Morgan fingerprint density at radius 3 is 2.45 bits per heavy atom. The molecule has 0 heterocycles. The van der Waals surface area contributed by atoms with Crippen LogP contribution in [0, 0.1) is 6.92 Å². The molecular formula is C10H12Sn. The van der Waals surface area contributed by atoms with Crippen molar-refractivity contribution in [3.63, 3.8) is 0 Å². The van der Waals surface area contributed by atoms with Gasteiger partial charge in [0.2, 0.25) is 0 Å². The minimum absolute atomic E-state index is 0.663. The fourth-order valence-electron chi connectivity index (χ4n) is 1.54. The van der Waals surface area contributed by atoms with Gasteiger partial charge < -0.3 is 0 Å². The number of benzene rings is 1. The fraction of sp³-hybridized carbons (Fsp3) is 0.400. The van der Waals surface area contributed by atoms with Crippen molar-refractivity contribution in [1.29, 1.82) is 0 Å². The molecule has 0 atom stereocenters. The van der Waals surface area contributed by atoms with Crippen LogP contribution in [-0.4, -0.2) is 22.5 Å². The first-order chi connectivity index (χ1) is 5.22. The van der Waals surface area contributed by atoms with Gasteiger partial charge in [-0.05, 0) is 0 Å². The van der Waals surface area contributed by atoms with E-state index < -0.39 is 0 Å². The summed E-state index contributed by atoms with van der Waals surface area (Å²) >= 11 is 1.39. The molecule has 0 unspecified atom stereocenters. The van der Waals surface area contributed by atoms with Gasteiger partial charge in [-0.25, -0.2) is 0 Å². The van der Waals surface area contributed by atoms with Gasteiger partial charge in [0.15, 0.2) is 0 Å². The van der Waals surface area contributed by atoms with E-state index in [-0.39, 0.29) is 0 Å². The van der Waals surface area contributed by atoms with Crippen molar-refractivity contribution in [2.45, 2.75) is 23.2 Å². The van der Waals surface area contributed by atoms with Crippen LogP contribution in [0.3, 0.4) is 0 Å². The van der Waals surface area contributed by atoms with Gasteiger partial charge in [-0.3, -0.25) is 0 Å². The predicted octanol–water partition coefficient (Wildman–Crippen LogP) is 1.88. The number of hydrogen-bond donors (Lipinski definition) is 0. The molecule has 11 heavy (non-hydrogen) atoms. The van der Waals surface area contributed by atoms with E-state index in [0.29, 0.717) is 3.43 Å². The van der Waals surface area contributed by atoms with Crippen LogP contribution in [0.15, 0.2) is 24.3 Å². The van der Waals surface area contributed by atoms with E-state index in [1.807, 2.05) is 0 Å². The van der Waals surface area contributed by atoms with Gasteiger partial charge in [-0.15, -0.1) is 0 Å². The van der Waals surface area contributed by atoms with Crippen molar-refractivity contribution in [2.24, 2.45) is 0 Å². The predicted molar refractivity (Wildman–Crippen MR) is 49.2 cm³/mol. The summed E-state index contributed by atoms with van der Waals surface area (Å²) in [5.74, 6) is 0. The molecule has 0 spiro atoms. The quantitative estimate of drug-likeness (QED) is 0.668. The molecule has 2 rings (SSSR count). The van der Waals surface area contributed by atoms with Crippen molar-refractivity contribution in [1.82, 2.24) is 0 Å². The standard InChI is InChI=1S/C10H11.Sn.H/c1-8-4-2-3-5-10(8)9-6-7-9;;/h2-5H,6-7H2,1H3;;. The van der Waals surface area contributed by atoms with E-state index >= 15 is 0 Å². The molecule has 56 valence electrons. The Bertz CT molecular complexity index is 274. The van der Waals surface area contributed by atoms with Crippen molar-refractivity contribution >= 4 is 22.5 Å². The second kappa shape index (κ2) is 2.51. The zero-order valence-electron chi connectivity index (χ0n) is 6.80. The Morgan fingerprint density at radius 2 is 1.91 bits per heavy atom. The molecule has 1 aliphatic rings. The number of hydrogen-bond acceptors (Lipinski definition) is 0. The van der Waals surface area contributed by atoms with Crippen LogP contribution in [0.4, 0.5) is 0 Å². The van der Waals surface area contributed by atoms with Gasteiger partial charge >= 0.3 is 81.1 Å². The van der Waals surface area contributed by atoms with Crippen LogP contribution in [0.2, 0.25) is 0 Å². The summed E-state index contributed by atoms with van der Waals surface area (Å²) in [4.78, 5) is 0. The first kappa shape index (κ1) is 7.66. The Kier molecular flexibility index (Phi) is 1.75. The average Bonchev–Trinajstić information content (AvgIpc) is 2.70. The van der Waals surface area contributed by atoms with Crippen LogP contribution in [0.1, 0.15) is 24.0 Å². The Hall–Kier alpha value is 0.0187. The Morgan fingerprint density at radius 1 is 1.27 bits per heavy atom. The molecule has 0 aromatic heterocycles. The van der Waals surface area contributed by atoms with E-state index in [9.17, 15) is 0 Å². The van der Waals surface area contributed by atoms with Crippen molar-refractivity contribution in [3.8, 4) is 0 Å². The molecular weight excluding hydrogens is 239 g/mol. The van der Waals surface area contributed by atoms with Crippen LogP contribution >= 0.6 is 0 Å². The van der Waals surface area contributed by atoms with E-state index in [1.54, 1.807) is 5.56 Å². The summed E-state index contributed by atoms with van der Waals surface area (Å²) in [5, 5.41) is 0. The first-order valence-corrected chi connectivity index (χ1v) is 5.72. The molecule has 0 saturated heterocycles. The van der Waals surface area contributed by atoms with Crippen molar-refractivity contribution < 1.29 is 0 Å². The topological polar surface area (TPSA) is 0 Å². The van der Waals surface area contributed by atoms with Gasteiger partial charge in [0.25, 0.3) is 0 Å². The average molecular weight is 251 g/mol. The molecule has 1 fully saturated rings. The maximum absolute atomic E-state index is 2.30. The second-order valence-corrected chi connectivity index (χ2v) is 6.63. The molecule has 1 saturated carbocycles. The van der Waals surface area contributed by atoms with Gasteiger partial charge in [0, 0.05) is 0 Å². The maximum atomic E-state index is 2.30. The molecule has 1 aromatic carbocycles. The van der Waals surface area contributed by atoms with Crippen molar-refractivity contribution in [3.05, 3.63) is 35.4 Å². The second-order valence-electron chi connectivity index (χ2n) is 3.47. The van der Waals surface area contributed by atoms with Gasteiger partial charge in [-0.2, -0.15) is 0 Å². The van der Waals surface area contributed by atoms with Crippen LogP contribution in [0.5, 0.6) is 0 Å². The molecule has 1 heteroatoms. The summed E-state index contributed by atoms with van der Waals surface area (Å²) in [6.45, 7) is 2.23. The van der Waals surface area contributed by atoms with E-state index in [4.69, 9.17) is 0 Å². The van der Waals surface area contributed by atoms with Crippen LogP contribution in [-0.2, 0) is 3.43 Å². The first-order valence-electron chi connectivity index (χ1n) is 4.07. The van der Waals surface area contributed by atoms with Gasteiger partial charge in [-0.1, -0.05) is 0 Å². The Labute approximate surface area is 81.1 Å².